The molecule has 0 aliphatic carbocycles. The highest BCUT2D eigenvalue weighted by Crippen LogP contribution is 2.12. The van der Waals surface area contributed by atoms with E-state index in [1.165, 1.54) is 25.3 Å². The van der Waals surface area contributed by atoms with E-state index < -0.39 is 10.0 Å². The van der Waals surface area contributed by atoms with Gasteiger partial charge in [0.1, 0.15) is 0 Å². The average Bonchev–Trinajstić information content (AvgIpc) is 2.46. The summed E-state index contributed by atoms with van der Waals surface area (Å²) in [5.74, 6) is 0. The zero-order chi connectivity index (χ0) is 14.8. The van der Waals surface area contributed by atoms with Crippen LogP contribution < -0.4 is 4.72 Å². The molecule has 1 aromatic carbocycles. The van der Waals surface area contributed by atoms with Crippen molar-refractivity contribution >= 4 is 10.0 Å². The first-order chi connectivity index (χ1) is 9.60. The zero-order valence-corrected chi connectivity index (χ0v) is 13.0. The Balaban J connectivity index is 2.37. The van der Waals surface area contributed by atoms with Crippen LogP contribution in [-0.2, 0) is 16.6 Å². The first-order valence-electron chi connectivity index (χ1n) is 7.29. The van der Waals surface area contributed by atoms with Gasteiger partial charge in [0, 0.05) is 6.54 Å². The topological polar surface area (TPSA) is 66.4 Å². The van der Waals surface area contributed by atoms with Crippen molar-refractivity contribution in [2.24, 2.45) is 0 Å². The summed E-state index contributed by atoms with van der Waals surface area (Å²) in [6.07, 6.45) is 6.77. The van der Waals surface area contributed by atoms with Gasteiger partial charge in [0.2, 0.25) is 10.0 Å². The van der Waals surface area contributed by atoms with Crippen molar-refractivity contribution in [1.82, 2.24) is 4.72 Å². The number of rotatable bonds is 10. The number of hydrogen-bond donors (Lipinski definition) is 2. The van der Waals surface area contributed by atoms with Crippen molar-refractivity contribution in [1.29, 1.82) is 0 Å². The number of sulfonamides is 1. The average molecular weight is 299 g/mol. The third kappa shape index (κ3) is 6.03. The third-order valence-electron chi connectivity index (χ3n) is 3.21. The molecule has 0 spiro atoms. The predicted molar refractivity (Wildman–Crippen MR) is 80.9 cm³/mol. The van der Waals surface area contributed by atoms with E-state index in [0.29, 0.717) is 12.1 Å². The van der Waals surface area contributed by atoms with Gasteiger partial charge in [-0.1, -0.05) is 51.2 Å². The van der Waals surface area contributed by atoms with Crippen LogP contribution in [0.4, 0.5) is 0 Å². The summed E-state index contributed by atoms with van der Waals surface area (Å²) < 4.78 is 26.7. The minimum absolute atomic E-state index is 0.152. The van der Waals surface area contributed by atoms with E-state index in [1.807, 2.05) is 0 Å². The van der Waals surface area contributed by atoms with E-state index in [-0.39, 0.29) is 11.5 Å². The number of aliphatic hydroxyl groups is 1. The van der Waals surface area contributed by atoms with Crippen LogP contribution in [0.2, 0.25) is 0 Å². The third-order valence-corrected chi connectivity index (χ3v) is 4.67. The second-order valence-electron chi connectivity index (χ2n) is 4.97. The van der Waals surface area contributed by atoms with Crippen LogP contribution in [0.1, 0.15) is 51.0 Å². The summed E-state index contributed by atoms with van der Waals surface area (Å²) >= 11 is 0. The summed E-state index contributed by atoms with van der Waals surface area (Å²) in [4.78, 5) is 0.218. The van der Waals surface area contributed by atoms with Gasteiger partial charge < -0.3 is 5.11 Å². The minimum Gasteiger partial charge on any atom is -0.392 e. The van der Waals surface area contributed by atoms with Gasteiger partial charge in [-0.2, -0.15) is 0 Å². The normalized spacial score (nSPS) is 11.7. The van der Waals surface area contributed by atoms with E-state index >= 15 is 0 Å². The van der Waals surface area contributed by atoms with E-state index in [4.69, 9.17) is 5.11 Å². The van der Waals surface area contributed by atoms with Crippen molar-refractivity contribution in [3.63, 3.8) is 0 Å². The van der Waals surface area contributed by atoms with Gasteiger partial charge in [0.25, 0.3) is 0 Å². The second kappa shape index (κ2) is 9.10. The fourth-order valence-electron chi connectivity index (χ4n) is 2.01. The van der Waals surface area contributed by atoms with Gasteiger partial charge in [-0.15, -0.1) is 0 Å². The molecule has 5 heteroatoms. The van der Waals surface area contributed by atoms with Gasteiger partial charge in [-0.25, -0.2) is 13.1 Å². The van der Waals surface area contributed by atoms with E-state index in [1.54, 1.807) is 18.2 Å². The summed E-state index contributed by atoms with van der Waals surface area (Å²) in [5.41, 5.74) is 0.604. The molecule has 114 valence electrons. The first-order valence-corrected chi connectivity index (χ1v) is 8.78. The van der Waals surface area contributed by atoms with Crippen molar-refractivity contribution < 1.29 is 13.5 Å². The fraction of sp³-hybridized carbons (Fsp3) is 0.600. The Labute approximate surface area is 122 Å². The van der Waals surface area contributed by atoms with Crippen LogP contribution >= 0.6 is 0 Å². The van der Waals surface area contributed by atoms with E-state index in [0.717, 1.165) is 19.3 Å². The molecule has 0 saturated carbocycles. The zero-order valence-electron chi connectivity index (χ0n) is 12.1. The number of benzene rings is 1. The van der Waals surface area contributed by atoms with Crippen LogP contribution in [0.5, 0.6) is 0 Å². The molecule has 0 heterocycles. The standard InChI is InChI=1S/C15H25NO3S/c1-2-3-4-5-6-7-11-16-20(18,19)15-10-8-9-14(12-15)13-17/h8-10,12,16-17H,2-7,11,13H2,1H3. The Bertz CT molecular complexity index is 486. The summed E-state index contributed by atoms with van der Waals surface area (Å²) in [6, 6.07) is 6.39. The lowest BCUT2D eigenvalue weighted by atomic mass is 10.1. The van der Waals surface area contributed by atoms with Crippen LogP contribution in [-0.4, -0.2) is 20.1 Å². The van der Waals surface area contributed by atoms with Crippen LogP contribution in [0.25, 0.3) is 0 Å². The van der Waals surface area contributed by atoms with Crippen molar-refractivity contribution in [2.45, 2.75) is 57.0 Å². The Morgan fingerprint density at radius 1 is 1.10 bits per heavy atom. The Morgan fingerprint density at radius 3 is 2.50 bits per heavy atom. The highest BCUT2D eigenvalue weighted by molar-refractivity contribution is 7.89. The molecule has 0 aliphatic rings. The molecule has 0 amide bonds. The van der Waals surface area contributed by atoms with Gasteiger partial charge >= 0.3 is 0 Å². The van der Waals surface area contributed by atoms with Crippen molar-refractivity contribution in [3.05, 3.63) is 29.8 Å². The molecule has 2 N–H and O–H groups in total. The molecular formula is C15H25NO3S. The molecule has 0 unspecified atom stereocenters. The molecule has 0 fully saturated rings. The molecule has 1 aromatic rings. The van der Waals surface area contributed by atoms with Gasteiger partial charge in [0.05, 0.1) is 11.5 Å². The van der Waals surface area contributed by atoms with Crippen LogP contribution in [0, 0.1) is 0 Å². The highest BCUT2D eigenvalue weighted by Gasteiger charge is 2.13. The molecule has 0 radical (unpaired) electrons. The van der Waals surface area contributed by atoms with Gasteiger partial charge in [0.15, 0.2) is 0 Å². The molecule has 0 aromatic heterocycles. The highest BCUT2D eigenvalue weighted by atomic mass is 32.2. The smallest absolute Gasteiger partial charge is 0.240 e. The van der Waals surface area contributed by atoms with E-state index in [2.05, 4.69) is 11.6 Å². The maximum absolute atomic E-state index is 12.0. The molecule has 0 bridgehead atoms. The monoisotopic (exact) mass is 299 g/mol. The Kier molecular flexibility index (Phi) is 7.80. The predicted octanol–water partition coefficient (Wildman–Crippen LogP) is 2.82. The summed E-state index contributed by atoms with van der Waals surface area (Å²) in [5, 5.41) is 9.03. The number of hydrogen-bond acceptors (Lipinski definition) is 3. The minimum atomic E-state index is -3.45. The lowest BCUT2D eigenvalue weighted by Gasteiger charge is -2.07. The van der Waals surface area contributed by atoms with Crippen LogP contribution in [0.15, 0.2) is 29.2 Å². The van der Waals surface area contributed by atoms with Crippen LogP contribution in [0.3, 0.4) is 0 Å². The molecule has 0 saturated heterocycles. The quantitative estimate of drug-likeness (QED) is 0.653. The lowest BCUT2D eigenvalue weighted by Crippen LogP contribution is -2.24. The maximum atomic E-state index is 12.0. The number of nitrogens with one attached hydrogen (secondary N) is 1. The van der Waals surface area contributed by atoms with Gasteiger partial charge in [-0.05, 0) is 24.1 Å². The van der Waals surface area contributed by atoms with Gasteiger partial charge in [-0.3, -0.25) is 0 Å². The Morgan fingerprint density at radius 2 is 1.80 bits per heavy atom. The molecule has 20 heavy (non-hydrogen) atoms. The molecule has 0 aliphatic heterocycles. The molecule has 0 atom stereocenters. The van der Waals surface area contributed by atoms with Crippen molar-refractivity contribution in [3.8, 4) is 0 Å². The molecule has 4 nitrogen and oxygen atoms in total. The lowest BCUT2D eigenvalue weighted by molar-refractivity contribution is 0.281. The van der Waals surface area contributed by atoms with Crippen molar-refractivity contribution in [2.75, 3.05) is 6.54 Å². The molecule has 1 rings (SSSR count). The SMILES string of the molecule is CCCCCCCCNS(=O)(=O)c1cccc(CO)c1. The Hall–Kier alpha value is -0.910. The summed E-state index contributed by atoms with van der Waals surface area (Å²) in [7, 11) is -3.45. The maximum Gasteiger partial charge on any atom is 0.240 e. The number of unbranched alkanes of at least 4 members (excludes halogenated alkanes) is 5. The second-order valence-corrected chi connectivity index (χ2v) is 6.74. The fourth-order valence-corrected chi connectivity index (χ4v) is 3.15. The van der Waals surface area contributed by atoms with E-state index in [9.17, 15) is 8.42 Å². The largest absolute Gasteiger partial charge is 0.392 e. The first kappa shape index (κ1) is 17.1. The summed E-state index contributed by atoms with van der Waals surface area (Å²) in [6.45, 7) is 2.49. The molecular weight excluding hydrogens is 274 g/mol. The number of aliphatic hydroxyl groups excluding tert-OH is 1.